The fourth-order valence-corrected chi connectivity index (χ4v) is 3.43. The van der Waals surface area contributed by atoms with Crippen LogP contribution in [0.25, 0.3) is 5.57 Å². The van der Waals surface area contributed by atoms with E-state index in [9.17, 15) is 4.79 Å². The summed E-state index contributed by atoms with van der Waals surface area (Å²) < 4.78 is 1.83. The van der Waals surface area contributed by atoms with E-state index in [4.69, 9.17) is 0 Å². The van der Waals surface area contributed by atoms with E-state index in [-0.39, 0.29) is 5.91 Å². The van der Waals surface area contributed by atoms with Crippen molar-refractivity contribution >= 4 is 11.5 Å². The lowest BCUT2D eigenvalue weighted by molar-refractivity contribution is -0.123. The lowest BCUT2D eigenvalue weighted by Crippen LogP contribution is -2.43. The first kappa shape index (κ1) is 15.3. The van der Waals surface area contributed by atoms with Gasteiger partial charge < -0.3 is 5.32 Å². The number of rotatable bonds is 4. The number of aryl methyl sites for hydroxylation is 1. The summed E-state index contributed by atoms with van der Waals surface area (Å²) >= 11 is 0. The van der Waals surface area contributed by atoms with Crippen molar-refractivity contribution in [2.45, 2.75) is 44.6 Å². The molecule has 3 rings (SSSR count). The van der Waals surface area contributed by atoms with Gasteiger partial charge in [0.05, 0.1) is 12.7 Å². The lowest BCUT2D eigenvalue weighted by atomic mass is 9.95. The Hall–Kier alpha value is -1.62. The fourth-order valence-electron chi connectivity index (χ4n) is 3.43. The van der Waals surface area contributed by atoms with Gasteiger partial charge in [-0.1, -0.05) is 25.3 Å². The highest BCUT2D eigenvalue weighted by atomic mass is 16.2. The monoisotopic (exact) mass is 302 g/mol. The Labute approximate surface area is 132 Å². The van der Waals surface area contributed by atoms with Crippen LogP contribution in [0.5, 0.6) is 0 Å². The number of hydrogen-bond donors (Lipinski definition) is 1. The average molecular weight is 302 g/mol. The van der Waals surface area contributed by atoms with E-state index in [1.165, 1.54) is 30.4 Å². The molecule has 120 valence electrons. The van der Waals surface area contributed by atoms with E-state index in [1.54, 1.807) is 0 Å². The van der Waals surface area contributed by atoms with Crippen LogP contribution in [0, 0.1) is 0 Å². The molecule has 1 amide bonds. The first-order chi connectivity index (χ1) is 10.7. The minimum Gasteiger partial charge on any atom is -0.352 e. The first-order valence-corrected chi connectivity index (χ1v) is 8.40. The molecule has 2 aliphatic rings. The van der Waals surface area contributed by atoms with Gasteiger partial charge in [0.2, 0.25) is 5.91 Å². The normalized spacial score (nSPS) is 20.7. The third-order valence-electron chi connectivity index (χ3n) is 4.71. The van der Waals surface area contributed by atoms with Crippen LogP contribution in [0.4, 0.5) is 0 Å². The predicted octanol–water partition coefficient (Wildman–Crippen LogP) is 1.96. The van der Waals surface area contributed by atoms with Gasteiger partial charge in [0.25, 0.3) is 0 Å². The molecule has 0 radical (unpaired) electrons. The molecule has 1 N–H and O–H groups in total. The Morgan fingerprint density at radius 3 is 2.82 bits per heavy atom. The molecule has 2 heterocycles. The molecule has 1 aromatic rings. The molecule has 1 aliphatic heterocycles. The second-order valence-electron chi connectivity index (χ2n) is 6.52. The summed E-state index contributed by atoms with van der Waals surface area (Å²) in [5.41, 5.74) is 2.55. The van der Waals surface area contributed by atoms with Gasteiger partial charge in [0.15, 0.2) is 0 Å². The van der Waals surface area contributed by atoms with Gasteiger partial charge in [0, 0.05) is 37.9 Å². The van der Waals surface area contributed by atoms with Gasteiger partial charge in [-0.2, -0.15) is 5.10 Å². The molecular formula is C17H26N4O. The summed E-state index contributed by atoms with van der Waals surface area (Å²) in [4.78, 5) is 14.4. The molecule has 1 aliphatic carbocycles. The first-order valence-electron chi connectivity index (χ1n) is 8.40. The van der Waals surface area contributed by atoms with Gasteiger partial charge >= 0.3 is 0 Å². The molecular weight excluding hydrogens is 276 g/mol. The Balaban J connectivity index is 1.46. The average Bonchev–Trinajstić information content (AvgIpc) is 2.95. The largest absolute Gasteiger partial charge is 0.352 e. The van der Waals surface area contributed by atoms with E-state index in [2.05, 4.69) is 27.6 Å². The molecule has 5 nitrogen and oxygen atoms in total. The number of carbonyl (C=O) groups excluding carboxylic acids is 1. The second kappa shape index (κ2) is 7.09. The summed E-state index contributed by atoms with van der Waals surface area (Å²) in [5.74, 6) is 0.185. The number of carbonyl (C=O) groups is 1. The molecule has 5 heteroatoms. The molecule has 0 atom stereocenters. The third kappa shape index (κ3) is 3.97. The third-order valence-corrected chi connectivity index (χ3v) is 4.71. The molecule has 0 saturated heterocycles. The minimum atomic E-state index is 0.185. The Kier molecular flexibility index (Phi) is 4.93. The van der Waals surface area contributed by atoms with Crippen molar-refractivity contribution in [3.8, 4) is 0 Å². The summed E-state index contributed by atoms with van der Waals surface area (Å²) in [6, 6.07) is 0.410. The van der Waals surface area contributed by atoms with Crippen LogP contribution in [-0.4, -0.2) is 46.3 Å². The summed E-state index contributed by atoms with van der Waals surface area (Å²) in [7, 11) is 1.94. The summed E-state index contributed by atoms with van der Waals surface area (Å²) in [5, 5.41) is 7.42. The van der Waals surface area contributed by atoms with Crippen LogP contribution in [0.1, 0.15) is 44.1 Å². The van der Waals surface area contributed by atoms with Crippen LogP contribution in [-0.2, 0) is 11.8 Å². The number of nitrogens with zero attached hydrogens (tertiary/aromatic N) is 3. The van der Waals surface area contributed by atoms with Crippen molar-refractivity contribution in [1.29, 1.82) is 0 Å². The van der Waals surface area contributed by atoms with Gasteiger partial charge in [-0.15, -0.1) is 0 Å². The van der Waals surface area contributed by atoms with Gasteiger partial charge in [0.1, 0.15) is 0 Å². The van der Waals surface area contributed by atoms with Crippen LogP contribution >= 0.6 is 0 Å². The van der Waals surface area contributed by atoms with Crippen LogP contribution < -0.4 is 5.32 Å². The van der Waals surface area contributed by atoms with E-state index in [0.717, 1.165) is 32.4 Å². The molecule has 1 fully saturated rings. The molecule has 0 aromatic carbocycles. The number of amides is 1. The van der Waals surface area contributed by atoms with Crippen molar-refractivity contribution in [3.05, 3.63) is 24.0 Å². The van der Waals surface area contributed by atoms with Gasteiger partial charge in [-0.3, -0.25) is 14.4 Å². The zero-order valence-corrected chi connectivity index (χ0v) is 13.4. The Morgan fingerprint density at radius 1 is 1.36 bits per heavy atom. The highest BCUT2D eigenvalue weighted by molar-refractivity contribution is 5.78. The van der Waals surface area contributed by atoms with Crippen molar-refractivity contribution < 1.29 is 4.79 Å². The van der Waals surface area contributed by atoms with E-state index in [0.29, 0.717) is 12.6 Å². The lowest BCUT2D eigenvalue weighted by Gasteiger charge is -2.27. The van der Waals surface area contributed by atoms with Crippen molar-refractivity contribution in [3.63, 3.8) is 0 Å². The number of hydrogen-bond acceptors (Lipinski definition) is 3. The maximum absolute atomic E-state index is 12.1. The highest BCUT2D eigenvalue weighted by Crippen LogP contribution is 2.21. The minimum absolute atomic E-state index is 0.185. The van der Waals surface area contributed by atoms with Gasteiger partial charge in [-0.25, -0.2) is 0 Å². The smallest absolute Gasteiger partial charge is 0.234 e. The molecule has 0 bridgehead atoms. The van der Waals surface area contributed by atoms with Crippen molar-refractivity contribution in [1.82, 2.24) is 20.0 Å². The molecule has 1 aromatic heterocycles. The van der Waals surface area contributed by atoms with E-state index < -0.39 is 0 Å². The number of nitrogens with one attached hydrogen (secondary N) is 1. The van der Waals surface area contributed by atoms with Gasteiger partial charge in [-0.05, 0) is 24.8 Å². The molecule has 22 heavy (non-hydrogen) atoms. The Morgan fingerprint density at radius 2 is 2.18 bits per heavy atom. The fraction of sp³-hybridized carbons (Fsp3) is 0.647. The maximum atomic E-state index is 12.1. The van der Waals surface area contributed by atoms with Crippen LogP contribution in [0.2, 0.25) is 0 Å². The highest BCUT2D eigenvalue weighted by Gasteiger charge is 2.19. The Bertz CT molecular complexity index is 543. The van der Waals surface area contributed by atoms with Crippen molar-refractivity contribution in [2.24, 2.45) is 7.05 Å². The van der Waals surface area contributed by atoms with Crippen molar-refractivity contribution in [2.75, 3.05) is 19.6 Å². The maximum Gasteiger partial charge on any atom is 0.234 e. The molecule has 1 saturated carbocycles. The quantitative estimate of drug-likeness (QED) is 0.925. The SMILES string of the molecule is Cn1cc(C2=CCN(CC(=O)NC3CCCCC3)CC2)cn1. The number of aromatic nitrogens is 2. The summed E-state index contributed by atoms with van der Waals surface area (Å²) in [6.45, 7) is 2.31. The zero-order chi connectivity index (χ0) is 15.4. The van der Waals surface area contributed by atoms with E-state index >= 15 is 0 Å². The predicted molar refractivity (Wildman–Crippen MR) is 87.3 cm³/mol. The van der Waals surface area contributed by atoms with E-state index in [1.807, 2.05) is 17.9 Å². The second-order valence-corrected chi connectivity index (χ2v) is 6.52. The topological polar surface area (TPSA) is 50.2 Å². The standard InChI is InChI=1S/C17H26N4O/c1-20-12-15(11-18-20)14-7-9-21(10-8-14)13-17(22)19-16-5-3-2-4-6-16/h7,11-12,16H,2-6,8-10,13H2,1H3,(H,19,22). The van der Waals surface area contributed by atoms with Crippen LogP contribution in [0.15, 0.2) is 18.5 Å². The summed E-state index contributed by atoms with van der Waals surface area (Å²) in [6.07, 6.45) is 13.3. The molecule has 0 spiro atoms. The molecule has 0 unspecified atom stereocenters. The van der Waals surface area contributed by atoms with Crippen LogP contribution in [0.3, 0.4) is 0 Å². The zero-order valence-electron chi connectivity index (χ0n) is 13.4.